The lowest BCUT2D eigenvalue weighted by molar-refractivity contribution is 0.00578. The van der Waals surface area contributed by atoms with Gasteiger partial charge in [0.25, 0.3) is 0 Å². The summed E-state index contributed by atoms with van der Waals surface area (Å²) in [7, 11) is -0.178. The van der Waals surface area contributed by atoms with Crippen molar-refractivity contribution in [3.8, 4) is 0 Å². The molecule has 74 valence electrons. The van der Waals surface area contributed by atoms with E-state index in [0.29, 0.717) is 6.44 Å². The maximum atomic E-state index is 5.73. The fraction of sp³-hybridized carbons (Fsp3) is 0.778. The molecule has 13 heavy (non-hydrogen) atoms. The van der Waals surface area contributed by atoms with Crippen molar-refractivity contribution in [1.82, 2.24) is 5.32 Å². The van der Waals surface area contributed by atoms with Gasteiger partial charge in [0.15, 0.2) is 0 Å². The minimum absolute atomic E-state index is 0.178. The zero-order valence-electron chi connectivity index (χ0n) is 8.89. The van der Waals surface area contributed by atoms with Crippen molar-refractivity contribution in [3.63, 3.8) is 0 Å². The van der Waals surface area contributed by atoms with Crippen LogP contribution in [0.3, 0.4) is 0 Å². The van der Waals surface area contributed by atoms with Crippen LogP contribution >= 0.6 is 0 Å². The van der Waals surface area contributed by atoms with E-state index in [0.717, 1.165) is 0 Å². The van der Waals surface area contributed by atoms with Crippen LogP contribution in [-0.2, 0) is 9.31 Å². The van der Waals surface area contributed by atoms with Crippen LogP contribution in [-0.4, -0.2) is 24.8 Å². The Hall–Kier alpha value is -0.475. The molecule has 0 atom stereocenters. The van der Waals surface area contributed by atoms with Crippen LogP contribution in [0.4, 0.5) is 0 Å². The lowest BCUT2D eigenvalue weighted by Gasteiger charge is -2.32. The first kappa shape index (κ1) is 10.6. The first-order chi connectivity index (χ1) is 5.89. The molecule has 1 aliphatic rings. The lowest BCUT2D eigenvalue weighted by Crippen LogP contribution is -2.41. The first-order valence-electron chi connectivity index (χ1n) is 4.59. The second-order valence-corrected chi connectivity index (χ2v) is 4.30. The van der Waals surface area contributed by atoms with Crippen LogP contribution in [0.2, 0.25) is 0 Å². The molecule has 4 heteroatoms. The van der Waals surface area contributed by atoms with E-state index in [1.54, 1.807) is 6.20 Å². The monoisotopic (exact) mass is 183 g/mol. The molecule has 1 heterocycles. The number of hydrogen-bond acceptors (Lipinski definition) is 3. The quantitative estimate of drug-likeness (QED) is 0.670. The maximum Gasteiger partial charge on any atom is 0.478 e. The Labute approximate surface area is 80.6 Å². The molecule has 0 bridgehead atoms. The Morgan fingerprint density at radius 3 is 2.08 bits per heavy atom. The molecule has 0 aromatic heterocycles. The van der Waals surface area contributed by atoms with Gasteiger partial charge in [0, 0.05) is 6.44 Å². The predicted octanol–water partition coefficient (Wildman–Crippen LogP) is 1.35. The fourth-order valence-electron chi connectivity index (χ4n) is 1.23. The summed E-state index contributed by atoms with van der Waals surface area (Å²) in [5, 5.41) is 2.98. The van der Waals surface area contributed by atoms with E-state index in [2.05, 4.69) is 11.9 Å². The van der Waals surface area contributed by atoms with Crippen LogP contribution < -0.4 is 5.32 Å². The van der Waals surface area contributed by atoms with Crippen LogP contribution in [0, 0.1) is 0 Å². The van der Waals surface area contributed by atoms with Gasteiger partial charge in [0.2, 0.25) is 0 Å². The van der Waals surface area contributed by atoms with E-state index in [1.807, 2.05) is 27.7 Å². The van der Waals surface area contributed by atoms with Crippen molar-refractivity contribution >= 4 is 7.12 Å². The molecule has 0 amide bonds. The van der Waals surface area contributed by atoms with Gasteiger partial charge in [-0.25, -0.2) is 0 Å². The van der Waals surface area contributed by atoms with Crippen LogP contribution in [0.5, 0.6) is 0 Å². The molecule has 1 rings (SSSR count). The summed E-state index contributed by atoms with van der Waals surface area (Å²) in [6, 6.07) is 0. The normalized spacial score (nSPS) is 24.5. The summed E-state index contributed by atoms with van der Waals surface area (Å²) in [4.78, 5) is 0. The summed E-state index contributed by atoms with van der Waals surface area (Å²) in [6.45, 7) is 11.7. The lowest BCUT2D eigenvalue weighted by atomic mass is 9.90. The summed E-state index contributed by atoms with van der Waals surface area (Å²) in [6.07, 6.45) is 2.29. The molecule has 0 aromatic carbocycles. The fourth-order valence-corrected chi connectivity index (χ4v) is 1.23. The molecule has 0 spiro atoms. The van der Waals surface area contributed by atoms with Gasteiger partial charge in [-0.15, -0.1) is 0 Å². The standard InChI is InChI=1S/C9H18BNO2/c1-6-11-7-10-12-8(2,3)9(4,5)13-10/h6,11H,1,7H2,2-5H3. The average Bonchev–Trinajstić information content (AvgIpc) is 2.17. The molecule has 1 N–H and O–H groups in total. The van der Waals surface area contributed by atoms with Crippen molar-refractivity contribution in [2.45, 2.75) is 38.9 Å². The second-order valence-electron chi connectivity index (χ2n) is 4.30. The molecule has 1 aliphatic heterocycles. The summed E-state index contributed by atoms with van der Waals surface area (Å²) >= 11 is 0. The van der Waals surface area contributed by atoms with E-state index >= 15 is 0 Å². The molecule has 0 aliphatic carbocycles. The zero-order valence-corrected chi connectivity index (χ0v) is 8.89. The van der Waals surface area contributed by atoms with Crippen molar-refractivity contribution in [2.75, 3.05) is 6.44 Å². The third kappa shape index (κ3) is 2.06. The van der Waals surface area contributed by atoms with Crippen molar-refractivity contribution in [1.29, 1.82) is 0 Å². The number of rotatable bonds is 3. The molecule has 0 saturated carbocycles. The van der Waals surface area contributed by atoms with E-state index in [4.69, 9.17) is 9.31 Å². The SMILES string of the molecule is C=CNCB1OC(C)(C)C(C)(C)O1. The van der Waals surface area contributed by atoms with Crippen molar-refractivity contribution < 1.29 is 9.31 Å². The molecule has 0 unspecified atom stereocenters. The van der Waals surface area contributed by atoms with E-state index < -0.39 is 0 Å². The Kier molecular flexibility index (Phi) is 2.73. The third-order valence-corrected chi connectivity index (χ3v) is 2.73. The average molecular weight is 183 g/mol. The molecule has 3 nitrogen and oxygen atoms in total. The summed E-state index contributed by atoms with van der Waals surface area (Å²) in [5.41, 5.74) is -0.471. The van der Waals surface area contributed by atoms with Gasteiger partial charge in [0.05, 0.1) is 11.2 Å². The Bertz CT molecular complexity index is 188. The molecular formula is C9H18BNO2. The summed E-state index contributed by atoms with van der Waals surface area (Å²) in [5.74, 6) is 0. The highest BCUT2D eigenvalue weighted by atomic mass is 16.7. The minimum atomic E-state index is -0.236. The van der Waals surface area contributed by atoms with Crippen LogP contribution in [0.15, 0.2) is 12.8 Å². The van der Waals surface area contributed by atoms with Crippen molar-refractivity contribution in [2.24, 2.45) is 0 Å². The molecule has 1 saturated heterocycles. The van der Waals surface area contributed by atoms with Gasteiger partial charge in [-0.05, 0) is 33.9 Å². The second kappa shape index (κ2) is 3.35. The van der Waals surface area contributed by atoms with Crippen LogP contribution in [0.25, 0.3) is 0 Å². The number of hydrogen-bond donors (Lipinski definition) is 1. The molecule has 0 radical (unpaired) electrons. The van der Waals surface area contributed by atoms with Gasteiger partial charge >= 0.3 is 7.12 Å². The zero-order chi connectivity index (χ0) is 10.1. The van der Waals surface area contributed by atoms with E-state index in [9.17, 15) is 0 Å². The summed E-state index contributed by atoms with van der Waals surface area (Å²) < 4.78 is 11.5. The Morgan fingerprint density at radius 2 is 1.69 bits per heavy atom. The number of nitrogens with one attached hydrogen (secondary N) is 1. The highest BCUT2D eigenvalue weighted by molar-refractivity contribution is 6.45. The minimum Gasteiger partial charge on any atom is -0.402 e. The maximum absolute atomic E-state index is 5.73. The highest BCUT2D eigenvalue weighted by Crippen LogP contribution is 2.36. The highest BCUT2D eigenvalue weighted by Gasteiger charge is 2.50. The Balaban J connectivity index is 2.54. The molecule has 1 fully saturated rings. The molecule has 0 aromatic rings. The molecular weight excluding hydrogens is 165 g/mol. The van der Waals surface area contributed by atoms with Crippen LogP contribution in [0.1, 0.15) is 27.7 Å². The van der Waals surface area contributed by atoms with E-state index in [1.165, 1.54) is 0 Å². The third-order valence-electron chi connectivity index (χ3n) is 2.73. The predicted molar refractivity (Wildman–Crippen MR) is 54.3 cm³/mol. The van der Waals surface area contributed by atoms with Gasteiger partial charge in [0.1, 0.15) is 0 Å². The van der Waals surface area contributed by atoms with Gasteiger partial charge in [-0.3, -0.25) is 0 Å². The van der Waals surface area contributed by atoms with Gasteiger partial charge in [-0.1, -0.05) is 6.58 Å². The smallest absolute Gasteiger partial charge is 0.402 e. The van der Waals surface area contributed by atoms with Gasteiger partial charge in [-0.2, -0.15) is 0 Å². The first-order valence-corrected chi connectivity index (χ1v) is 4.59. The largest absolute Gasteiger partial charge is 0.478 e. The van der Waals surface area contributed by atoms with E-state index in [-0.39, 0.29) is 18.3 Å². The Morgan fingerprint density at radius 1 is 1.23 bits per heavy atom. The topological polar surface area (TPSA) is 30.5 Å². The van der Waals surface area contributed by atoms with Crippen molar-refractivity contribution in [3.05, 3.63) is 12.8 Å². The van der Waals surface area contributed by atoms with Gasteiger partial charge < -0.3 is 14.6 Å².